The van der Waals surface area contributed by atoms with Gasteiger partial charge >= 0.3 is 0 Å². The second kappa shape index (κ2) is 6.50. The minimum Gasteiger partial charge on any atom is -0.219 e. The monoisotopic (exact) mass is 337 g/mol. The molecule has 0 amide bonds. The van der Waals surface area contributed by atoms with Crippen molar-refractivity contribution in [1.82, 2.24) is 0 Å². The van der Waals surface area contributed by atoms with Crippen molar-refractivity contribution in [1.29, 1.82) is 5.26 Å². The van der Waals surface area contributed by atoms with Crippen LogP contribution in [0.1, 0.15) is 6.92 Å². The highest BCUT2D eigenvalue weighted by Gasteiger charge is 2.16. The fraction of sp³-hybridized carbons (Fsp3) is 0.0714. The largest absolute Gasteiger partial charge is 0.219 e. The molecule has 0 spiro atoms. The van der Waals surface area contributed by atoms with Crippen LogP contribution < -0.4 is 0 Å². The Kier molecular flexibility index (Phi) is 5.28. The molecule has 1 aromatic carbocycles. The molecule has 0 saturated heterocycles. The lowest BCUT2D eigenvalue weighted by Crippen LogP contribution is -2.01. The number of hydrogen-bond donors (Lipinski definition) is 0. The Labute approximate surface area is 121 Å². The van der Waals surface area contributed by atoms with Crippen LogP contribution in [0, 0.1) is 11.3 Å². The van der Waals surface area contributed by atoms with Crippen LogP contribution in [0.2, 0.25) is 0 Å². The topological polar surface area (TPSA) is 57.9 Å². The molecule has 1 rings (SSSR count). The Hall–Kier alpha value is -1.64. The number of nitriles is 1. The van der Waals surface area contributed by atoms with Gasteiger partial charge in [0.1, 0.15) is 0 Å². The minimum atomic E-state index is -3.57. The summed E-state index contributed by atoms with van der Waals surface area (Å²) >= 11 is 3.25. The van der Waals surface area contributed by atoms with Crippen molar-refractivity contribution < 1.29 is 8.42 Å². The van der Waals surface area contributed by atoms with E-state index in [9.17, 15) is 8.42 Å². The average molecular weight is 338 g/mol. The van der Waals surface area contributed by atoms with E-state index in [1.807, 2.05) is 6.07 Å². The number of rotatable bonds is 4. The van der Waals surface area contributed by atoms with Gasteiger partial charge in [-0.2, -0.15) is 5.26 Å². The molecule has 0 aliphatic heterocycles. The first kappa shape index (κ1) is 15.4. The standard InChI is InChI=1S/C14H12BrNO2S/c1-11(10-16)4-3-5-12(2)19(17,18)14-8-6-13(15)7-9-14/h3-9H,2H2,1H3/b5-3-,11-4+. The van der Waals surface area contributed by atoms with Crippen LogP contribution in [0.15, 0.2) is 68.9 Å². The summed E-state index contributed by atoms with van der Waals surface area (Å²) < 4.78 is 25.1. The number of halogens is 1. The molecule has 0 heterocycles. The highest BCUT2D eigenvalue weighted by atomic mass is 79.9. The third-order valence-corrected chi connectivity index (χ3v) is 4.52. The Bertz CT molecular complexity index is 677. The van der Waals surface area contributed by atoms with E-state index in [4.69, 9.17) is 5.26 Å². The van der Waals surface area contributed by atoms with Crippen LogP contribution >= 0.6 is 15.9 Å². The zero-order valence-corrected chi connectivity index (χ0v) is 12.7. The highest BCUT2D eigenvalue weighted by molar-refractivity contribution is 9.10. The molecule has 1 aromatic rings. The third-order valence-electron chi connectivity index (χ3n) is 2.27. The van der Waals surface area contributed by atoms with Crippen molar-refractivity contribution in [3.05, 3.63) is 64.0 Å². The molecule has 0 aliphatic rings. The predicted octanol–water partition coefficient (Wildman–Crippen LogP) is 3.76. The maximum atomic E-state index is 12.1. The number of benzene rings is 1. The van der Waals surface area contributed by atoms with E-state index in [1.165, 1.54) is 30.4 Å². The fourth-order valence-corrected chi connectivity index (χ4v) is 2.51. The van der Waals surface area contributed by atoms with Crippen LogP contribution in [0.3, 0.4) is 0 Å². The lowest BCUT2D eigenvalue weighted by atomic mass is 10.3. The Morgan fingerprint density at radius 3 is 2.47 bits per heavy atom. The first-order valence-electron chi connectivity index (χ1n) is 5.32. The molecule has 0 fully saturated rings. The molecule has 0 atom stereocenters. The van der Waals surface area contributed by atoms with Gasteiger partial charge in [0.25, 0.3) is 0 Å². The van der Waals surface area contributed by atoms with Gasteiger partial charge in [-0.25, -0.2) is 8.42 Å². The van der Waals surface area contributed by atoms with E-state index in [-0.39, 0.29) is 9.80 Å². The van der Waals surface area contributed by atoms with E-state index in [1.54, 1.807) is 19.1 Å². The van der Waals surface area contributed by atoms with E-state index < -0.39 is 9.84 Å². The molecular formula is C14H12BrNO2S. The first-order chi connectivity index (χ1) is 8.87. The zero-order valence-electron chi connectivity index (χ0n) is 10.3. The van der Waals surface area contributed by atoms with Gasteiger partial charge in [-0.1, -0.05) is 28.6 Å². The smallest absolute Gasteiger partial charge is 0.206 e. The lowest BCUT2D eigenvalue weighted by Gasteiger charge is -2.03. The Morgan fingerprint density at radius 1 is 1.37 bits per heavy atom. The molecule has 0 bridgehead atoms. The molecular weight excluding hydrogens is 326 g/mol. The van der Waals surface area contributed by atoms with Crippen molar-refractivity contribution in [3.63, 3.8) is 0 Å². The molecule has 98 valence electrons. The quantitative estimate of drug-likeness (QED) is 0.620. The summed E-state index contributed by atoms with van der Waals surface area (Å²) in [5, 5.41) is 8.57. The summed E-state index contributed by atoms with van der Waals surface area (Å²) in [6.07, 6.45) is 4.40. The van der Waals surface area contributed by atoms with Crippen molar-refractivity contribution in [2.45, 2.75) is 11.8 Å². The summed E-state index contributed by atoms with van der Waals surface area (Å²) in [5.41, 5.74) is 0.491. The first-order valence-corrected chi connectivity index (χ1v) is 7.60. The van der Waals surface area contributed by atoms with E-state index >= 15 is 0 Å². The lowest BCUT2D eigenvalue weighted by molar-refractivity contribution is 0.603. The van der Waals surface area contributed by atoms with Crippen molar-refractivity contribution >= 4 is 25.8 Å². The zero-order chi connectivity index (χ0) is 14.5. The van der Waals surface area contributed by atoms with Crippen molar-refractivity contribution in [3.8, 4) is 6.07 Å². The van der Waals surface area contributed by atoms with Crippen LogP contribution in [0.5, 0.6) is 0 Å². The molecule has 5 heteroatoms. The van der Waals surface area contributed by atoms with Crippen LogP contribution in [-0.2, 0) is 9.84 Å². The van der Waals surface area contributed by atoms with Gasteiger partial charge in [0.15, 0.2) is 0 Å². The van der Waals surface area contributed by atoms with Crippen LogP contribution in [-0.4, -0.2) is 8.42 Å². The van der Waals surface area contributed by atoms with Gasteiger partial charge in [0.05, 0.1) is 15.9 Å². The second-order valence-electron chi connectivity index (χ2n) is 3.74. The van der Waals surface area contributed by atoms with Crippen molar-refractivity contribution in [2.24, 2.45) is 0 Å². The maximum Gasteiger partial charge on any atom is 0.206 e. The molecule has 0 saturated carbocycles. The SMILES string of the molecule is C=C(/C=C\C=C(/C)C#N)S(=O)(=O)c1ccc(Br)cc1. The summed E-state index contributed by atoms with van der Waals surface area (Å²) in [7, 11) is -3.57. The van der Waals surface area contributed by atoms with Gasteiger partial charge in [0.2, 0.25) is 9.84 Å². The Balaban J connectivity index is 2.99. The van der Waals surface area contributed by atoms with Gasteiger partial charge < -0.3 is 0 Å². The second-order valence-corrected chi connectivity index (χ2v) is 6.66. The van der Waals surface area contributed by atoms with E-state index in [0.717, 1.165) is 4.47 Å². The van der Waals surface area contributed by atoms with Gasteiger partial charge in [0, 0.05) is 10.0 Å². The van der Waals surface area contributed by atoms with Gasteiger partial charge in [-0.3, -0.25) is 0 Å². The fourth-order valence-electron chi connectivity index (χ4n) is 1.19. The number of allylic oxidation sites excluding steroid dienone is 4. The molecule has 0 aromatic heterocycles. The normalized spacial score (nSPS) is 12.4. The number of hydrogen-bond acceptors (Lipinski definition) is 3. The Morgan fingerprint density at radius 2 is 1.95 bits per heavy atom. The summed E-state index contributed by atoms with van der Waals surface area (Å²) in [5.74, 6) is 0. The average Bonchev–Trinajstić information content (AvgIpc) is 2.38. The molecule has 0 N–H and O–H groups in total. The third kappa shape index (κ3) is 4.19. The van der Waals surface area contributed by atoms with Gasteiger partial charge in [-0.15, -0.1) is 0 Å². The summed E-state index contributed by atoms with van der Waals surface area (Å²) in [6.45, 7) is 5.18. The van der Waals surface area contributed by atoms with Gasteiger partial charge in [-0.05, 0) is 43.3 Å². The molecule has 3 nitrogen and oxygen atoms in total. The molecule has 0 unspecified atom stereocenters. The summed E-state index contributed by atoms with van der Waals surface area (Å²) in [6, 6.07) is 8.27. The maximum absolute atomic E-state index is 12.1. The minimum absolute atomic E-state index is 0.0168. The summed E-state index contributed by atoms with van der Waals surface area (Å²) in [4.78, 5) is 0.170. The number of nitrogens with zero attached hydrogens (tertiary/aromatic N) is 1. The van der Waals surface area contributed by atoms with Crippen LogP contribution in [0.25, 0.3) is 0 Å². The highest BCUT2D eigenvalue weighted by Crippen LogP contribution is 2.21. The molecule has 0 radical (unpaired) electrons. The number of sulfone groups is 1. The predicted molar refractivity (Wildman–Crippen MR) is 79.0 cm³/mol. The van der Waals surface area contributed by atoms with E-state index in [2.05, 4.69) is 22.5 Å². The molecule has 0 aliphatic carbocycles. The van der Waals surface area contributed by atoms with E-state index in [0.29, 0.717) is 5.57 Å². The molecule has 19 heavy (non-hydrogen) atoms. The van der Waals surface area contributed by atoms with Crippen molar-refractivity contribution in [2.75, 3.05) is 0 Å². The van der Waals surface area contributed by atoms with Crippen LogP contribution in [0.4, 0.5) is 0 Å².